The Hall–Kier alpha value is -3.31. The van der Waals surface area contributed by atoms with Gasteiger partial charge in [0, 0.05) is 23.9 Å². The second kappa shape index (κ2) is 11.0. The summed E-state index contributed by atoms with van der Waals surface area (Å²) in [6.07, 6.45) is 0.779. The summed E-state index contributed by atoms with van der Waals surface area (Å²) in [4.78, 5) is 39.8. The van der Waals surface area contributed by atoms with Crippen LogP contribution in [0.15, 0.2) is 24.3 Å². The number of carbonyl (C=O) groups is 3. The van der Waals surface area contributed by atoms with E-state index in [0.717, 1.165) is 11.1 Å². The number of nitrogens with one attached hydrogen (secondary N) is 1. The lowest BCUT2D eigenvalue weighted by atomic mass is 9.92. The first-order chi connectivity index (χ1) is 16.5. The van der Waals surface area contributed by atoms with Crippen LogP contribution in [0.5, 0.6) is 0 Å². The topological polar surface area (TPSA) is 136 Å². The monoisotopic (exact) mass is 484 g/mol. The van der Waals surface area contributed by atoms with Crippen LogP contribution in [0, 0.1) is 6.92 Å². The van der Waals surface area contributed by atoms with Crippen LogP contribution in [0.25, 0.3) is 11.4 Å². The Morgan fingerprint density at radius 1 is 1.00 bits per heavy atom. The van der Waals surface area contributed by atoms with Crippen LogP contribution in [-0.2, 0) is 29.5 Å². The lowest BCUT2D eigenvalue weighted by molar-refractivity contribution is -0.198. The number of benzene rings is 1. The maximum atomic E-state index is 11.9. The van der Waals surface area contributed by atoms with E-state index in [1.165, 1.54) is 0 Å². The first-order valence-corrected chi connectivity index (χ1v) is 11.6. The van der Waals surface area contributed by atoms with E-state index in [2.05, 4.69) is 39.6 Å². The zero-order valence-corrected chi connectivity index (χ0v) is 20.8. The van der Waals surface area contributed by atoms with Gasteiger partial charge in [-0.15, -0.1) is 25.5 Å². The SMILES string of the molecule is Cc1nnc(-c2ccc(C(C)(C)NCCC(C)(C)OCCC(=O)ON3C(=O)CCC3=O)cc2)nn1. The van der Waals surface area contributed by atoms with Gasteiger partial charge in [0.1, 0.15) is 0 Å². The van der Waals surface area contributed by atoms with Crippen LogP contribution in [-0.4, -0.2) is 62.0 Å². The molecule has 0 radical (unpaired) electrons. The minimum absolute atomic E-state index is 0.0541. The molecule has 188 valence electrons. The smallest absolute Gasteiger partial charge is 0.335 e. The van der Waals surface area contributed by atoms with Gasteiger partial charge in [0.25, 0.3) is 11.8 Å². The van der Waals surface area contributed by atoms with Gasteiger partial charge in [0.15, 0.2) is 5.82 Å². The van der Waals surface area contributed by atoms with Crippen LogP contribution < -0.4 is 5.32 Å². The molecule has 2 aromatic rings. The third-order valence-corrected chi connectivity index (χ3v) is 5.74. The highest BCUT2D eigenvalue weighted by atomic mass is 16.7. The van der Waals surface area contributed by atoms with E-state index < -0.39 is 23.4 Å². The summed E-state index contributed by atoms with van der Waals surface area (Å²) in [5, 5.41) is 20.1. The van der Waals surface area contributed by atoms with E-state index in [9.17, 15) is 14.4 Å². The fraction of sp³-hybridized carbons (Fsp3) is 0.542. The number of carbonyl (C=O) groups excluding carboxylic acids is 3. The lowest BCUT2D eigenvalue weighted by Gasteiger charge is -2.31. The van der Waals surface area contributed by atoms with Crippen molar-refractivity contribution in [2.24, 2.45) is 0 Å². The van der Waals surface area contributed by atoms with Gasteiger partial charge in [-0.05, 0) is 53.1 Å². The summed E-state index contributed by atoms with van der Waals surface area (Å²) < 4.78 is 5.86. The first-order valence-electron chi connectivity index (χ1n) is 11.6. The summed E-state index contributed by atoms with van der Waals surface area (Å²) in [7, 11) is 0. The molecule has 1 aliphatic heterocycles. The molecule has 11 heteroatoms. The Morgan fingerprint density at radius 2 is 1.60 bits per heavy atom. The Kier molecular flexibility index (Phi) is 8.23. The lowest BCUT2D eigenvalue weighted by Crippen LogP contribution is -2.40. The van der Waals surface area contributed by atoms with Gasteiger partial charge < -0.3 is 14.9 Å². The number of rotatable bonds is 11. The van der Waals surface area contributed by atoms with Gasteiger partial charge in [-0.1, -0.05) is 24.3 Å². The summed E-state index contributed by atoms with van der Waals surface area (Å²) in [6, 6.07) is 7.94. The average Bonchev–Trinajstić information content (AvgIpc) is 3.11. The standard InChI is InChI=1S/C24H32N6O5/c1-16-26-28-22(29-27-16)17-6-8-18(9-7-17)24(4,5)25-14-13-23(2,3)34-15-12-21(33)35-30-19(31)10-11-20(30)32/h6-9,25H,10-15H2,1-5H3. The second-order valence-corrected chi connectivity index (χ2v) is 9.55. The molecule has 0 unspecified atom stereocenters. The first kappa shape index (κ1) is 26.3. The minimum atomic E-state index is -0.672. The fourth-order valence-electron chi connectivity index (χ4n) is 3.50. The molecule has 2 heterocycles. The Balaban J connectivity index is 1.42. The van der Waals surface area contributed by atoms with Crippen molar-refractivity contribution in [3.8, 4) is 11.4 Å². The van der Waals surface area contributed by atoms with E-state index in [0.29, 0.717) is 29.7 Å². The van der Waals surface area contributed by atoms with Crippen LogP contribution in [0.1, 0.15) is 64.8 Å². The molecule has 0 saturated carbocycles. The van der Waals surface area contributed by atoms with E-state index in [1.807, 2.05) is 38.1 Å². The number of aromatic nitrogens is 4. The van der Waals surface area contributed by atoms with Crippen LogP contribution >= 0.6 is 0 Å². The number of hydroxylamine groups is 2. The average molecular weight is 485 g/mol. The fourth-order valence-corrected chi connectivity index (χ4v) is 3.50. The Bertz CT molecular complexity index is 1040. The van der Waals surface area contributed by atoms with Crippen molar-refractivity contribution in [3.63, 3.8) is 0 Å². The number of hydrogen-bond donors (Lipinski definition) is 1. The van der Waals surface area contributed by atoms with Gasteiger partial charge in [-0.25, -0.2) is 4.79 Å². The van der Waals surface area contributed by atoms with Crippen molar-refractivity contribution in [3.05, 3.63) is 35.7 Å². The molecule has 1 aliphatic rings. The summed E-state index contributed by atoms with van der Waals surface area (Å²) in [5.41, 5.74) is 1.16. The second-order valence-electron chi connectivity index (χ2n) is 9.55. The molecule has 11 nitrogen and oxygen atoms in total. The van der Waals surface area contributed by atoms with Gasteiger partial charge in [0.05, 0.1) is 18.6 Å². The molecule has 0 spiro atoms. The molecule has 0 aliphatic carbocycles. The predicted octanol–water partition coefficient (Wildman–Crippen LogP) is 2.25. The Morgan fingerprint density at radius 3 is 2.20 bits per heavy atom. The molecule has 1 aromatic carbocycles. The molecule has 1 N–H and O–H groups in total. The summed E-state index contributed by atoms with van der Waals surface area (Å²) >= 11 is 0. The maximum Gasteiger partial charge on any atom is 0.335 e. The number of nitrogens with zero attached hydrogens (tertiary/aromatic N) is 5. The minimum Gasteiger partial charge on any atom is -0.375 e. The van der Waals surface area contributed by atoms with Crippen molar-refractivity contribution in [2.45, 2.75) is 71.4 Å². The molecular weight excluding hydrogens is 452 g/mol. The molecule has 0 atom stereocenters. The highest BCUT2D eigenvalue weighted by Crippen LogP contribution is 2.24. The van der Waals surface area contributed by atoms with E-state index in [1.54, 1.807) is 6.92 Å². The van der Waals surface area contributed by atoms with Crippen LogP contribution in [0.3, 0.4) is 0 Å². The molecular formula is C24H32N6O5. The number of ether oxygens (including phenoxy) is 1. The van der Waals surface area contributed by atoms with Crippen LogP contribution in [0.2, 0.25) is 0 Å². The number of imide groups is 1. The van der Waals surface area contributed by atoms with E-state index >= 15 is 0 Å². The van der Waals surface area contributed by atoms with Crippen molar-refractivity contribution >= 4 is 17.8 Å². The zero-order chi connectivity index (χ0) is 25.6. The van der Waals surface area contributed by atoms with Crippen molar-refractivity contribution in [1.29, 1.82) is 0 Å². The molecule has 2 amide bonds. The Labute approximate surface area is 204 Å². The third-order valence-electron chi connectivity index (χ3n) is 5.74. The van der Waals surface area contributed by atoms with Gasteiger partial charge in [0.2, 0.25) is 5.82 Å². The normalized spacial score (nSPS) is 14.5. The van der Waals surface area contributed by atoms with E-state index in [-0.39, 0.29) is 31.4 Å². The molecule has 1 aromatic heterocycles. The quantitative estimate of drug-likeness (QED) is 0.473. The van der Waals surface area contributed by atoms with Crippen molar-refractivity contribution < 1.29 is 24.0 Å². The van der Waals surface area contributed by atoms with Gasteiger partial charge >= 0.3 is 5.97 Å². The highest BCUT2D eigenvalue weighted by molar-refractivity contribution is 6.01. The van der Waals surface area contributed by atoms with Crippen molar-refractivity contribution in [2.75, 3.05) is 13.2 Å². The number of hydrogen-bond acceptors (Lipinski definition) is 10. The number of aryl methyl sites for hydroxylation is 1. The predicted molar refractivity (Wildman–Crippen MR) is 125 cm³/mol. The van der Waals surface area contributed by atoms with E-state index in [4.69, 9.17) is 9.57 Å². The molecule has 0 bridgehead atoms. The van der Waals surface area contributed by atoms with Crippen LogP contribution in [0.4, 0.5) is 0 Å². The summed E-state index contributed by atoms with van der Waals surface area (Å²) in [6.45, 7) is 10.6. The largest absolute Gasteiger partial charge is 0.375 e. The van der Waals surface area contributed by atoms with Gasteiger partial charge in [-0.3, -0.25) is 9.59 Å². The highest BCUT2D eigenvalue weighted by Gasteiger charge is 2.33. The molecule has 35 heavy (non-hydrogen) atoms. The van der Waals surface area contributed by atoms with Gasteiger partial charge in [-0.2, -0.15) is 0 Å². The summed E-state index contributed by atoms with van der Waals surface area (Å²) in [5.74, 6) is -0.655. The molecule has 3 rings (SSSR count). The third kappa shape index (κ3) is 7.33. The maximum absolute atomic E-state index is 11.9. The van der Waals surface area contributed by atoms with Crippen molar-refractivity contribution in [1.82, 2.24) is 30.8 Å². The molecule has 1 saturated heterocycles. The molecule has 1 fully saturated rings. The zero-order valence-electron chi connectivity index (χ0n) is 20.8. The number of amides is 2.